The largest absolute Gasteiger partial charge is 0.487 e. The Morgan fingerprint density at radius 3 is 2.47 bits per heavy atom. The third-order valence-corrected chi connectivity index (χ3v) is 4.53. The molecule has 0 spiro atoms. The van der Waals surface area contributed by atoms with Crippen LogP contribution in [0, 0.1) is 13.8 Å². The summed E-state index contributed by atoms with van der Waals surface area (Å²) in [6.07, 6.45) is 1.65. The van der Waals surface area contributed by atoms with Crippen molar-refractivity contribution in [1.29, 1.82) is 0 Å². The van der Waals surface area contributed by atoms with Gasteiger partial charge in [0.1, 0.15) is 18.9 Å². The molecule has 154 valence electrons. The van der Waals surface area contributed by atoms with E-state index in [0.717, 1.165) is 22.4 Å². The van der Waals surface area contributed by atoms with Crippen LogP contribution in [0.1, 0.15) is 32.7 Å². The minimum atomic E-state index is -1.05. The highest BCUT2D eigenvalue weighted by Crippen LogP contribution is 2.16. The Morgan fingerprint density at radius 2 is 1.77 bits per heavy atom. The molecule has 1 amide bonds. The average Bonchev–Trinajstić information content (AvgIpc) is 2.72. The van der Waals surface area contributed by atoms with Crippen molar-refractivity contribution in [3.05, 3.63) is 94.8 Å². The number of carbonyl (C=O) groups excluding carboxylic acids is 1. The Morgan fingerprint density at radius 1 is 1.00 bits per heavy atom. The summed E-state index contributed by atoms with van der Waals surface area (Å²) in [6.45, 7) is 3.99. The van der Waals surface area contributed by atoms with Gasteiger partial charge < -0.3 is 14.7 Å². The van der Waals surface area contributed by atoms with Gasteiger partial charge in [-0.2, -0.15) is 0 Å². The van der Waals surface area contributed by atoms with Crippen molar-refractivity contribution in [1.82, 2.24) is 9.88 Å². The van der Waals surface area contributed by atoms with Crippen LogP contribution in [0.3, 0.4) is 0 Å². The second-order valence-electron chi connectivity index (χ2n) is 7.17. The van der Waals surface area contributed by atoms with Crippen LogP contribution < -0.4 is 4.74 Å². The molecule has 0 aliphatic rings. The van der Waals surface area contributed by atoms with Crippen molar-refractivity contribution >= 4 is 11.9 Å². The summed E-state index contributed by atoms with van der Waals surface area (Å²) in [5.74, 6) is -0.746. The lowest BCUT2D eigenvalue weighted by atomic mass is 10.1. The first-order valence-corrected chi connectivity index (χ1v) is 9.62. The Kier molecular flexibility index (Phi) is 6.80. The van der Waals surface area contributed by atoms with Crippen LogP contribution in [0.4, 0.5) is 0 Å². The fraction of sp³-hybridized carbons (Fsp3) is 0.208. The van der Waals surface area contributed by atoms with Crippen LogP contribution in [0.15, 0.2) is 66.9 Å². The van der Waals surface area contributed by atoms with E-state index < -0.39 is 5.97 Å². The molecule has 0 radical (unpaired) electrons. The number of nitrogens with zero attached hydrogens (tertiary/aromatic N) is 2. The van der Waals surface area contributed by atoms with E-state index in [9.17, 15) is 14.7 Å². The SMILES string of the molecule is Cc1cccc(CN(CC(=O)O)C(=O)c2cccc(COc3ccc(C)nc3)c2)c1. The quantitative estimate of drug-likeness (QED) is 0.614. The predicted octanol–water partition coefficient (Wildman–Crippen LogP) is 4.00. The first-order valence-electron chi connectivity index (χ1n) is 9.62. The molecule has 3 aromatic rings. The van der Waals surface area contributed by atoms with Gasteiger partial charge in [-0.25, -0.2) is 0 Å². The van der Waals surface area contributed by atoms with Gasteiger partial charge in [-0.05, 0) is 49.2 Å². The van der Waals surface area contributed by atoms with E-state index in [-0.39, 0.29) is 25.6 Å². The van der Waals surface area contributed by atoms with Crippen molar-refractivity contribution in [3.63, 3.8) is 0 Å². The van der Waals surface area contributed by atoms with Crippen molar-refractivity contribution in [2.75, 3.05) is 6.54 Å². The number of benzene rings is 2. The molecule has 0 unspecified atom stereocenters. The van der Waals surface area contributed by atoms with Crippen molar-refractivity contribution in [2.45, 2.75) is 27.0 Å². The van der Waals surface area contributed by atoms with E-state index in [2.05, 4.69) is 4.98 Å². The maximum Gasteiger partial charge on any atom is 0.323 e. The van der Waals surface area contributed by atoms with Crippen LogP contribution in [0.2, 0.25) is 0 Å². The van der Waals surface area contributed by atoms with Gasteiger partial charge in [-0.3, -0.25) is 14.6 Å². The van der Waals surface area contributed by atoms with Crippen molar-refractivity contribution in [3.8, 4) is 5.75 Å². The molecule has 0 aliphatic heterocycles. The van der Waals surface area contributed by atoms with E-state index in [1.54, 1.807) is 24.4 Å². The van der Waals surface area contributed by atoms with Crippen molar-refractivity contribution in [2.24, 2.45) is 0 Å². The number of pyridine rings is 1. The fourth-order valence-corrected chi connectivity index (χ4v) is 3.08. The maximum absolute atomic E-state index is 13.0. The molecule has 3 rings (SSSR count). The Hall–Kier alpha value is -3.67. The van der Waals surface area contributed by atoms with Gasteiger partial charge in [-0.1, -0.05) is 42.0 Å². The molecular weight excluding hydrogens is 380 g/mol. The molecular formula is C24H24N2O4. The van der Waals surface area contributed by atoms with Gasteiger partial charge in [0.05, 0.1) is 6.20 Å². The zero-order chi connectivity index (χ0) is 21.5. The predicted molar refractivity (Wildman–Crippen MR) is 113 cm³/mol. The highest BCUT2D eigenvalue weighted by Gasteiger charge is 2.19. The number of ether oxygens (including phenoxy) is 1. The zero-order valence-corrected chi connectivity index (χ0v) is 17.0. The summed E-state index contributed by atoms with van der Waals surface area (Å²) in [6, 6.07) is 18.4. The minimum absolute atomic E-state index is 0.225. The summed E-state index contributed by atoms with van der Waals surface area (Å²) in [5.41, 5.74) is 4.08. The number of amides is 1. The summed E-state index contributed by atoms with van der Waals surface area (Å²) in [5, 5.41) is 9.28. The number of aromatic nitrogens is 1. The lowest BCUT2D eigenvalue weighted by Crippen LogP contribution is -2.35. The number of aliphatic carboxylic acids is 1. The first-order chi connectivity index (χ1) is 14.4. The molecule has 0 fully saturated rings. The van der Waals surface area contributed by atoms with Gasteiger partial charge in [0.2, 0.25) is 0 Å². The lowest BCUT2D eigenvalue weighted by Gasteiger charge is -2.21. The van der Waals surface area contributed by atoms with Crippen LogP contribution in [-0.2, 0) is 17.9 Å². The number of carbonyl (C=O) groups is 2. The van der Waals surface area contributed by atoms with E-state index >= 15 is 0 Å². The normalized spacial score (nSPS) is 10.5. The minimum Gasteiger partial charge on any atom is -0.487 e. The monoisotopic (exact) mass is 404 g/mol. The van der Waals surface area contributed by atoms with E-state index in [1.807, 2.05) is 56.3 Å². The van der Waals surface area contributed by atoms with Gasteiger partial charge in [0.15, 0.2) is 0 Å². The number of rotatable bonds is 8. The number of hydrogen-bond acceptors (Lipinski definition) is 4. The van der Waals surface area contributed by atoms with Crippen molar-refractivity contribution < 1.29 is 19.4 Å². The summed E-state index contributed by atoms with van der Waals surface area (Å²) in [7, 11) is 0. The second-order valence-corrected chi connectivity index (χ2v) is 7.17. The third-order valence-electron chi connectivity index (χ3n) is 4.53. The number of carboxylic acid groups (broad SMARTS) is 1. The molecule has 0 atom stereocenters. The summed E-state index contributed by atoms with van der Waals surface area (Å²) < 4.78 is 5.73. The smallest absolute Gasteiger partial charge is 0.323 e. The first kappa shape index (κ1) is 21.0. The van der Waals surface area contributed by atoms with E-state index in [1.165, 1.54) is 4.90 Å². The maximum atomic E-state index is 13.0. The zero-order valence-electron chi connectivity index (χ0n) is 17.0. The van der Waals surface area contributed by atoms with Gasteiger partial charge in [0, 0.05) is 17.8 Å². The summed E-state index contributed by atoms with van der Waals surface area (Å²) in [4.78, 5) is 29.9. The lowest BCUT2D eigenvalue weighted by molar-refractivity contribution is -0.137. The number of carboxylic acids is 1. The molecule has 0 saturated carbocycles. The number of aryl methyl sites for hydroxylation is 2. The average molecular weight is 404 g/mol. The number of hydrogen-bond donors (Lipinski definition) is 1. The van der Waals surface area contributed by atoms with Crippen LogP contribution >= 0.6 is 0 Å². The Labute approximate surface area is 175 Å². The molecule has 1 aromatic heterocycles. The highest BCUT2D eigenvalue weighted by atomic mass is 16.5. The summed E-state index contributed by atoms with van der Waals surface area (Å²) >= 11 is 0. The molecule has 6 nitrogen and oxygen atoms in total. The molecule has 1 N–H and O–H groups in total. The fourth-order valence-electron chi connectivity index (χ4n) is 3.08. The van der Waals surface area contributed by atoms with Gasteiger partial charge >= 0.3 is 5.97 Å². The molecule has 0 bridgehead atoms. The molecule has 30 heavy (non-hydrogen) atoms. The second kappa shape index (κ2) is 9.69. The van der Waals surface area contributed by atoms with Crippen LogP contribution in [-0.4, -0.2) is 33.4 Å². The van der Waals surface area contributed by atoms with E-state index in [0.29, 0.717) is 11.3 Å². The molecule has 1 heterocycles. The van der Waals surface area contributed by atoms with Crippen LogP contribution in [0.5, 0.6) is 5.75 Å². The van der Waals surface area contributed by atoms with Gasteiger partial charge in [-0.15, -0.1) is 0 Å². The standard InChI is InChI=1S/C24H24N2O4/c1-17-5-3-6-19(11-17)14-26(15-23(27)28)24(29)21-8-4-7-20(12-21)16-30-22-10-9-18(2)25-13-22/h3-13H,14-16H2,1-2H3,(H,27,28). The molecule has 0 aliphatic carbocycles. The molecule has 2 aromatic carbocycles. The molecule has 0 saturated heterocycles. The topological polar surface area (TPSA) is 79.7 Å². The van der Waals surface area contributed by atoms with Gasteiger partial charge in [0.25, 0.3) is 5.91 Å². The molecule has 6 heteroatoms. The Balaban J connectivity index is 1.74. The Bertz CT molecular complexity index is 1030. The van der Waals surface area contributed by atoms with E-state index in [4.69, 9.17) is 4.74 Å². The third kappa shape index (κ3) is 5.91. The van der Waals surface area contributed by atoms with Crippen LogP contribution in [0.25, 0.3) is 0 Å². The highest BCUT2D eigenvalue weighted by molar-refractivity contribution is 5.96.